The Balaban J connectivity index is 1.80. The first-order chi connectivity index (χ1) is 16.3. The van der Waals surface area contributed by atoms with E-state index in [1.165, 1.54) is 5.57 Å². The molecule has 0 atom stereocenters. The van der Waals surface area contributed by atoms with Gasteiger partial charge in [0.2, 0.25) is 0 Å². The van der Waals surface area contributed by atoms with Crippen molar-refractivity contribution >= 4 is 35.0 Å². The summed E-state index contributed by atoms with van der Waals surface area (Å²) in [6.45, 7) is 5.30. The third kappa shape index (κ3) is 7.10. The van der Waals surface area contributed by atoms with E-state index in [1.807, 2.05) is 65.4 Å². The van der Waals surface area contributed by atoms with Crippen molar-refractivity contribution in [2.75, 3.05) is 6.61 Å². The first-order valence-electron chi connectivity index (χ1n) is 11.4. The smallest absolute Gasteiger partial charge is 0.307 e. The number of aliphatic carboxylic acids is 2. The van der Waals surface area contributed by atoms with Gasteiger partial charge in [0.05, 0.1) is 13.0 Å². The number of rotatable bonds is 12. The van der Waals surface area contributed by atoms with Crippen LogP contribution in [0.1, 0.15) is 49.8 Å². The number of carboxylic acid groups (broad SMARTS) is 2. The molecule has 0 fully saturated rings. The van der Waals surface area contributed by atoms with Crippen molar-refractivity contribution in [1.29, 1.82) is 0 Å². The molecule has 1 heterocycles. The second-order valence-electron chi connectivity index (χ2n) is 8.48. The summed E-state index contributed by atoms with van der Waals surface area (Å²) in [5, 5.41) is 19.2. The lowest BCUT2D eigenvalue weighted by atomic mass is 10.0. The summed E-state index contributed by atoms with van der Waals surface area (Å²) in [5.41, 5.74) is 4.84. The molecule has 2 N–H and O–H groups in total. The van der Waals surface area contributed by atoms with Crippen LogP contribution in [0.3, 0.4) is 0 Å². The summed E-state index contributed by atoms with van der Waals surface area (Å²) >= 11 is 0. The number of benzene rings is 2. The molecule has 1 aromatic heterocycles. The second-order valence-corrected chi connectivity index (χ2v) is 8.48. The standard InChI is InChI=1S/C28H31NO5/c1-20(2)6-5-17-34-24-14-11-21(12-15-24)10-13-22-7-3-8-25-28(22)23(18-27(32)33)19-29(25)16-4-9-26(30)31/h3,6-8,10-15,19H,4-5,9,16-18H2,1-2H3,(H,30,31)(H,32,33)/b13-10+. The summed E-state index contributed by atoms with van der Waals surface area (Å²) in [6.07, 6.45) is 9.30. The third-order valence-electron chi connectivity index (χ3n) is 5.42. The molecule has 0 saturated heterocycles. The highest BCUT2D eigenvalue weighted by Gasteiger charge is 2.14. The Labute approximate surface area is 199 Å². The lowest BCUT2D eigenvalue weighted by Crippen LogP contribution is -2.01. The topological polar surface area (TPSA) is 88.8 Å². The van der Waals surface area contributed by atoms with Crippen LogP contribution >= 0.6 is 0 Å². The second kappa shape index (κ2) is 11.9. The minimum absolute atomic E-state index is 0.0716. The highest BCUT2D eigenvalue weighted by atomic mass is 16.5. The van der Waals surface area contributed by atoms with Crippen LogP contribution in [0.25, 0.3) is 23.1 Å². The molecule has 0 unspecified atom stereocenters. The number of ether oxygens (including phenoxy) is 1. The minimum atomic E-state index is -0.899. The number of nitrogens with zero attached hydrogens (tertiary/aromatic N) is 1. The van der Waals surface area contributed by atoms with E-state index < -0.39 is 11.9 Å². The number of hydrogen-bond donors (Lipinski definition) is 2. The Morgan fingerprint density at radius 1 is 1.00 bits per heavy atom. The van der Waals surface area contributed by atoms with Gasteiger partial charge in [-0.3, -0.25) is 9.59 Å². The molecule has 2 aromatic carbocycles. The van der Waals surface area contributed by atoms with Crippen molar-refractivity contribution < 1.29 is 24.5 Å². The van der Waals surface area contributed by atoms with Gasteiger partial charge in [-0.25, -0.2) is 0 Å². The van der Waals surface area contributed by atoms with E-state index >= 15 is 0 Å². The number of fused-ring (bicyclic) bond motifs is 1. The summed E-state index contributed by atoms with van der Waals surface area (Å²) < 4.78 is 7.72. The van der Waals surface area contributed by atoms with Crippen LogP contribution in [0.4, 0.5) is 0 Å². The average molecular weight is 462 g/mol. The normalized spacial score (nSPS) is 11.1. The lowest BCUT2D eigenvalue weighted by molar-refractivity contribution is -0.137. The molecule has 178 valence electrons. The van der Waals surface area contributed by atoms with Crippen molar-refractivity contribution in [3.63, 3.8) is 0 Å². The molecule has 3 rings (SSSR count). The zero-order chi connectivity index (χ0) is 24.5. The maximum absolute atomic E-state index is 11.5. The minimum Gasteiger partial charge on any atom is -0.493 e. The van der Waals surface area contributed by atoms with Gasteiger partial charge in [-0.15, -0.1) is 0 Å². The van der Waals surface area contributed by atoms with E-state index in [1.54, 1.807) is 0 Å². The van der Waals surface area contributed by atoms with Gasteiger partial charge in [-0.05, 0) is 61.6 Å². The largest absolute Gasteiger partial charge is 0.493 e. The predicted molar refractivity (Wildman–Crippen MR) is 135 cm³/mol. The summed E-state index contributed by atoms with van der Waals surface area (Å²) in [5.74, 6) is -0.915. The Morgan fingerprint density at radius 3 is 2.44 bits per heavy atom. The van der Waals surface area contributed by atoms with Crippen LogP contribution in [0.2, 0.25) is 0 Å². The third-order valence-corrected chi connectivity index (χ3v) is 5.42. The predicted octanol–water partition coefficient (Wildman–Crippen LogP) is 6.04. The number of allylic oxidation sites excluding steroid dienone is 1. The van der Waals surface area contributed by atoms with Crippen LogP contribution in [-0.4, -0.2) is 33.3 Å². The van der Waals surface area contributed by atoms with Crippen molar-refractivity contribution in [3.05, 3.63) is 77.0 Å². The molecule has 34 heavy (non-hydrogen) atoms. The molecular weight excluding hydrogens is 430 g/mol. The first kappa shape index (κ1) is 24.8. The lowest BCUT2D eigenvalue weighted by Gasteiger charge is -2.06. The molecule has 0 aliphatic rings. The molecule has 0 amide bonds. The molecule has 0 saturated carbocycles. The van der Waals surface area contributed by atoms with E-state index in [2.05, 4.69) is 19.9 Å². The SMILES string of the molecule is CC(C)=CCCOc1ccc(/C=C/c2cccc3c2c(CC(=O)O)cn3CCCC(=O)O)cc1. The molecule has 0 aliphatic heterocycles. The quantitative estimate of drug-likeness (QED) is 0.195. The van der Waals surface area contributed by atoms with Gasteiger partial charge in [0, 0.05) is 30.1 Å². The molecule has 6 heteroatoms. The average Bonchev–Trinajstić information content (AvgIpc) is 3.13. The fourth-order valence-corrected chi connectivity index (χ4v) is 3.88. The summed E-state index contributed by atoms with van der Waals surface area (Å²) in [4.78, 5) is 22.3. The van der Waals surface area contributed by atoms with E-state index in [0.717, 1.165) is 39.8 Å². The van der Waals surface area contributed by atoms with Crippen LogP contribution in [-0.2, 0) is 22.6 Å². The maximum Gasteiger partial charge on any atom is 0.307 e. The Kier molecular flexibility index (Phi) is 8.68. The number of hydrogen-bond acceptors (Lipinski definition) is 3. The highest BCUT2D eigenvalue weighted by molar-refractivity contribution is 5.96. The zero-order valence-corrected chi connectivity index (χ0v) is 19.7. The number of aryl methyl sites for hydroxylation is 1. The Hall–Kier alpha value is -3.80. The van der Waals surface area contributed by atoms with E-state index in [-0.39, 0.29) is 12.8 Å². The maximum atomic E-state index is 11.5. The summed E-state index contributed by atoms with van der Waals surface area (Å²) in [6, 6.07) is 13.7. The van der Waals surface area contributed by atoms with E-state index in [0.29, 0.717) is 19.6 Å². The monoisotopic (exact) mass is 461 g/mol. The van der Waals surface area contributed by atoms with Crippen molar-refractivity contribution in [2.45, 2.75) is 46.1 Å². The molecule has 0 spiro atoms. The Bertz CT molecular complexity index is 1200. The van der Waals surface area contributed by atoms with Gasteiger partial charge in [0.25, 0.3) is 0 Å². The van der Waals surface area contributed by atoms with Gasteiger partial charge in [0.1, 0.15) is 5.75 Å². The molecule has 0 aliphatic carbocycles. The number of aromatic nitrogens is 1. The van der Waals surface area contributed by atoms with Crippen molar-refractivity contribution in [3.8, 4) is 5.75 Å². The molecule has 0 bridgehead atoms. The van der Waals surface area contributed by atoms with Crippen LogP contribution in [0, 0.1) is 0 Å². The first-order valence-corrected chi connectivity index (χ1v) is 11.4. The Morgan fingerprint density at radius 2 is 1.76 bits per heavy atom. The van der Waals surface area contributed by atoms with Gasteiger partial charge in [0.15, 0.2) is 0 Å². The highest BCUT2D eigenvalue weighted by Crippen LogP contribution is 2.28. The zero-order valence-electron chi connectivity index (χ0n) is 19.7. The van der Waals surface area contributed by atoms with Gasteiger partial charge in [-0.1, -0.05) is 48.1 Å². The molecule has 6 nitrogen and oxygen atoms in total. The fourth-order valence-electron chi connectivity index (χ4n) is 3.88. The van der Waals surface area contributed by atoms with E-state index in [9.17, 15) is 14.7 Å². The van der Waals surface area contributed by atoms with Crippen LogP contribution in [0.5, 0.6) is 5.75 Å². The molecule has 3 aromatic rings. The van der Waals surface area contributed by atoms with Crippen LogP contribution in [0.15, 0.2) is 60.3 Å². The molecular formula is C28H31NO5. The summed E-state index contributed by atoms with van der Waals surface area (Å²) in [7, 11) is 0. The van der Waals surface area contributed by atoms with Gasteiger partial charge >= 0.3 is 11.9 Å². The van der Waals surface area contributed by atoms with Crippen molar-refractivity contribution in [2.24, 2.45) is 0 Å². The number of carbonyl (C=O) groups is 2. The van der Waals surface area contributed by atoms with Crippen LogP contribution < -0.4 is 4.74 Å². The fraction of sp³-hybridized carbons (Fsp3) is 0.286. The van der Waals surface area contributed by atoms with E-state index in [4.69, 9.17) is 9.84 Å². The molecule has 0 radical (unpaired) electrons. The van der Waals surface area contributed by atoms with Gasteiger partial charge in [-0.2, -0.15) is 0 Å². The number of carboxylic acids is 2. The van der Waals surface area contributed by atoms with Gasteiger partial charge < -0.3 is 19.5 Å². The van der Waals surface area contributed by atoms with Crippen molar-refractivity contribution in [1.82, 2.24) is 4.57 Å².